The average molecular weight is 317 g/mol. The number of benzene rings is 1. The van der Waals surface area contributed by atoms with Gasteiger partial charge in [0.25, 0.3) is 10.1 Å². The second-order valence-corrected chi connectivity index (χ2v) is 6.59. The Hall–Kier alpha value is -1.64. The maximum atomic E-state index is 10.8. The Balaban J connectivity index is 2.46. The first kappa shape index (κ1) is 17.4. The van der Waals surface area contributed by atoms with Crippen LogP contribution in [0.2, 0.25) is 0 Å². The number of ether oxygens (including phenoxy) is 1. The molecule has 0 fully saturated rings. The van der Waals surface area contributed by atoms with Crippen LogP contribution < -0.4 is 10.5 Å². The van der Waals surface area contributed by atoms with Crippen molar-refractivity contribution < 1.29 is 27.6 Å². The van der Waals surface area contributed by atoms with E-state index in [9.17, 15) is 13.2 Å². The molecule has 8 heteroatoms. The first-order valence-electron chi connectivity index (χ1n) is 6.36. The van der Waals surface area contributed by atoms with Crippen molar-refractivity contribution in [3.05, 3.63) is 29.8 Å². The third-order valence-corrected chi connectivity index (χ3v) is 4.25. The van der Waals surface area contributed by atoms with E-state index in [1.165, 1.54) is 6.92 Å². The van der Waals surface area contributed by atoms with Crippen LogP contribution in [0.4, 0.5) is 0 Å². The highest BCUT2D eigenvalue weighted by molar-refractivity contribution is 7.86. The number of rotatable bonds is 8. The Morgan fingerprint density at radius 3 is 2.38 bits per heavy atom. The number of carboxylic acids is 1. The van der Waals surface area contributed by atoms with Gasteiger partial charge in [-0.2, -0.15) is 8.42 Å². The van der Waals surface area contributed by atoms with E-state index in [-0.39, 0.29) is 19.4 Å². The van der Waals surface area contributed by atoms with Crippen LogP contribution in [0.5, 0.6) is 5.75 Å². The summed E-state index contributed by atoms with van der Waals surface area (Å²) in [4.78, 5) is 10.6. The maximum Gasteiger partial charge on any atom is 0.320 e. The zero-order valence-corrected chi connectivity index (χ0v) is 12.4. The Morgan fingerprint density at radius 1 is 1.33 bits per heavy atom. The highest BCUT2D eigenvalue weighted by Gasteiger charge is 2.17. The fourth-order valence-electron chi connectivity index (χ4n) is 1.55. The van der Waals surface area contributed by atoms with Crippen molar-refractivity contribution in [1.82, 2.24) is 0 Å². The van der Waals surface area contributed by atoms with Gasteiger partial charge in [0.15, 0.2) is 0 Å². The predicted octanol–water partition coefficient (Wildman–Crippen LogP) is 0.686. The molecular weight excluding hydrogens is 298 g/mol. The minimum Gasteiger partial charge on any atom is -0.494 e. The van der Waals surface area contributed by atoms with Gasteiger partial charge in [-0.1, -0.05) is 12.1 Å². The van der Waals surface area contributed by atoms with Gasteiger partial charge in [-0.25, -0.2) is 0 Å². The van der Waals surface area contributed by atoms with Gasteiger partial charge < -0.3 is 15.6 Å². The minimum atomic E-state index is -4.04. The smallest absolute Gasteiger partial charge is 0.320 e. The minimum absolute atomic E-state index is 0.148. The molecule has 1 unspecified atom stereocenters. The van der Waals surface area contributed by atoms with Crippen LogP contribution in [0.25, 0.3) is 0 Å². The third-order valence-electron chi connectivity index (χ3n) is 3.00. The fourth-order valence-corrected chi connectivity index (χ4v) is 1.95. The largest absolute Gasteiger partial charge is 0.494 e. The quantitative estimate of drug-likeness (QED) is 0.602. The van der Waals surface area contributed by atoms with Crippen LogP contribution in [-0.4, -0.2) is 41.9 Å². The molecule has 0 amide bonds. The van der Waals surface area contributed by atoms with Crippen LogP contribution in [0.1, 0.15) is 18.9 Å². The molecule has 0 heterocycles. The average Bonchev–Trinajstić information content (AvgIpc) is 2.39. The molecule has 0 aliphatic rings. The summed E-state index contributed by atoms with van der Waals surface area (Å²) in [5, 5.41) is 7.83. The van der Waals surface area contributed by atoms with Crippen LogP contribution in [0.3, 0.4) is 0 Å². The molecule has 1 rings (SSSR count). The van der Waals surface area contributed by atoms with Gasteiger partial charge in [-0.3, -0.25) is 9.35 Å². The molecule has 0 saturated carbocycles. The second-order valence-electron chi connectivity index (χ2n) is 4.76. The van der Waals surface area contributed by atoms with E-state index in [0.29, 0.717) is 5.75 Å². The zero-order chi connectivity index (χ0) is 16.0. The van der Waals surface area contributed by atoms with Crippen molar-refractivity contribution in [1.29, 1.82) is 0 Å². The summed E-state index contributed by atoms with van der Waals surface area (Å²) >= 11 is 0. The fraction of sp³-hybridized carbons (Fsp3) is 0.462. The van der Waals surface area contributed by atoms with Crippen molar-refractivity contribution in [2.24, 2.45) is 5.73 Å². The lowest BCUT2D eigenvalue weighted by molar-refractivity contribution is -0.138. The summed E-state index contributed by atoms with van der Waals surface area (Å²) in [7, 11) is -4.04. The van der Waals surface area contributed by atoms with Crippen molar-refractivity contribution in [3.63, 3.8) is 0 Å². The highest BCUT2D eigenvalue weighted by Crippen LogP contribution is 2.14. The molecule has 0 spiro atoms. The number of aliphatic carboxylic acids is 1. The summed E-state index contributed by atoms with van der Waals surface area (Å²) < 4.78 is 35.8. The highest BCUT2D eigenvalue weighted by atomic mass is 32.2. The van der Waals surface area contributed by atoms with Crippen molar-refractivity contribution in [2.45, 2.75) is 31.1 Å². The van der Waals surface area contributed by atoms with Crippen molar-refractivity contribution >= 4 is 16.1 Å². The predicted molar refractivity (Wildman–Crippen MR) is 76.9 cm³/mol. The van der Waals surface area contributed by atoms with Gasteiger partial charge in [0.2, 0.25) is 0 Å². The van der Waals surface area contributed by atoms with Gasteiger partial charge in [0.1, 0.15) is 11.8 Å². The monoisotopic (exact) mass is 317 g/mol. The van der Waals surface area contributed by atoms with Crippen LogP contribution in [0.15, 0.2) is 24.3 Å². The number of carboxylic acid groups (broad SMARTS) is 1. The van der Waals surface area contributed by atoms with Crippen LogP contribution in [-0.2, 0) is 21.3 Å². The van der Waals surface area contributed by atoms with Crippen LogP contribution in [0, 0.1) is 0 Å². The molecule has 0 aromatic heterocycles. The summed E-state index contributed by atoms with van der Waals surface area (Å²) in [6.45, 7) is 1.55. The lowest BCUT2D eigenvalue weighted by atomic mass is 10.1. The molecule has 0 bridgehead atoms. The van der Waals surface area contributed by atoms with Crippen LogP contribution >= 0.6 is 0 Å². The Morgan fingerprint density at radius 2 is 1.90 bits per heavy atom. The normalized spacial score (nSPS) is 14.4. The van der Waals surface area contributed by atoms with Gasteiger partial charge >= 0.3 is 5.97 Å². The number of carbonyl (C=O) groups is 1. The standard InChI is InChI=1S/C13H19NO6S/c1-9(21(17,18)19)6-7-20-11-4-2-10(3-5-11)8-12(14)13(15)16/h2-5,9,12H,6-8,14H2,1H3,(H,15,16)(H,17,18,19)/t9?,12-/m0/s1. The van der Waals surface area contributed by atoms with Gasteiger partial charge in [-0.05, 0) is 31.0 Å². The zero-order valence-electron chi connectivity index (χ0n) is 11.6. The molecule has 118 valence electrons. The summed E-state index contributed by atoms with van der Waals surface area (Å²) in [6, 6.07) is 5.76. The molecular formula is C13H19NO6S. The first-order chi connectivity index (χ1) is 9.70. The van der Waals surface area contributed by atoms with E-state index >= 15 is 0 Å². The molecule has 0 aliphatic heterocycles. The summed E-state index contributed by atoms with van der Waals surface area (Å²) in [5.41, 5.74) is 6.20. The van der Waals surface area contributed by atoms with Gasteiger partial charge in [0.05, 0.1) is 11.9 Å². The molecule has 0 saturated heterocycles. The van der Waals surface area contributed by atoms with E-state index < -0.39 is 27.4 Å². The van der Waals surface area contributed by atoms with Gasteiger partial charge in [-0.15, -0.1) is 0 Å². The number of hydrogen-bond acceptors (Lipinski definition) is 5. The Labute approximate surface area is 123 Å². The van der Waals surface area contributed by atoms with Crippen molar-refractivity contribution in [2.75, 3.05) is 6.61 Å². The first-order valence-corrected chi connectivity index (χ1v) is 7.87. The van der Waals surface area contributed by atoms with E-state index in [0.717, 1.165) is 5.56 Å². The molecule has 21 heavy (non-hydrogen) atoms. The third kappa shape index (κ3) is 6.11. The molecule has 1 aromatic rings. The van der Waals surface area contributed by atoms with E-state index in [4.69, 9.17) is 20.1 Å². The molecule has 2 atom stereocenters. The lowest BCUT2D eigenvalue weighted by Crippen LogP contribution is -2.32. The molecule has 0 radical (unpaired) electrons. The van der Waals surface area contributed by atoms with E-state index in [1.807, 2.05) is 0 Å². The molecule has 0 aliphatic carbocycles. The summed E-state index contributed by atoms with van der Waals surface area (Å²) in [6.07, 6.45) is 0.389. The Kier molecular flexibility index (Phi) is 6.13. The lowest BCUT2D eigenvalue weighted by Gasteiger charge is -2.11. The SMILES string of the molecule is CC(CCOc1ccc(C[C@H](N)C(=O)O)cc1)S(=O)(=O)O. The molecule has 1 aromatic carbocycles. The van der Waals surface area contributed by atoms with E-state index in [2.05, 4.69) is 0 Å². The number of nitrogens with two attached hydrogens (primary N) is 1. The molecule has 7 nitrogen and oxygen atoms in total. The summed E-state index contributed by atoms with van der Waals surface area (Å²) in [5.74, 6) is -0.528. The number of hydrogen-bond donors (Lipinski definition) is 3. The second kappa shape index (κ2) is 7.39. The molecule has 4 N–H and O–H groups in total. The Bertz CT molecular complexity index is 569. The van der Waals surface area contributed by atoms with E-state index in [1.54, 1.807) is 24.3 Å². The topological polar surface area (TPSA) is 127 Å². The van der Waals surface area contributed by atoms with Gasteiger partial charge in [0, 0.05) is 6.42 Å². The van der Waals surface area contributed by atoms with Crippen molar-refractivity contribution in [3.8, 4) is 5.75 Å². The maximum absolute atomic E-state index is 10.8.